The number of aliphatic carboxylic acids is 1. The van der Waals surface area contributed by atoms with Crippen molar-refractivity contribution in [3.8, 4) is 0 Å². The second kappa shape index (κ2) is 4.09. The average Bonchev–Trinajstić information content (AvgIpc) is 2.28. The van der Waals surface area contributed by atoms with Gasteiger partial charge in [0.1, 0.15) is 0 Å². The van der Waals surface area contributed by atoms with Gasteiger partial charge in [0.25, 0.3) is 0 Å². The predicted octanol–water partition coefficient (Wildman–Crippen LogP) is 0.845. The lowest BCUT2D eigenvalue weighted by molar-refractivity contribution is -0.139. The number of carbonyl (C=O) groups is 2. The number of carboxylic acids is 1. The van der Waals surface area contributed by atoms with Crippen LogP contribution in [0.1, 0.15) is 19.8 Å². The molecule has 5 heteroatoms. The Morgan fingerprint density at radius 1 is 1.85 bits per heavy atom. The molecule has 0 aromatic heterocycles. The topological polar surface area (TPSA) is 57.6 Å². The third kappa shape index (κ3) is 2.69. The molecule has 2 unspecified atom stereocenters. The molecule has 1 rings (SSSR count). The molecule has 0 spiro atoms. The van der Waals surface area contributed by atoms with Gasteiger partial charge in [-0.15, -0.1) is 0 Å². The van der Waals surface area contributed by atoms with E-state index < -0.39 is 5.97 Å². The van der Waals surface area contributed by atoms with E-state index in [1.54, 1.807) is 11.8 Å². The Bertz CT molecular complexity index is 231. The van der Waals surface area contributed by atoms with Crippen LogP contribution in [0.4, 0.5) is 0 Å². The van der Waals surface area contributed by atoms with Crippen LogP contribution in [0.5, 0.6) is 0 Å². The molecule has 0 aromatic rings. The average molecular weight is 250 g/mol. The van der Waals surface area contributed by atoms with Gasteiger partial charge in [0.05, 0.1) is 6.42 Å². The maximum absolute atomic E-state index is 11.3. The molecule has 1 heterocycles. The van der Waals surface area contributed by atoms with E-state index in [2.05, 4.69) is 15.9 Å². The minimum Gasteiger partial charge on any atom is -0.481 e. The van der Waals surface area contributed by atoms with Crippen molar-refractivity contribution in [1.29, 1.82) is 0 Å². The van der Waals surface area contributed by atoms with E-state index in [4.69, 9.17) is 5.11 Å². The second-order valence-corrected chi connectivity index (χ2v) is 4.59. The summed E-state index contributed by atoms with van der Waals surface area (Å²) in [5, 5.41) is 8.55. The summed E-state index contributed by atoms with van der Waals surface area (Å²) >= 11 is 3.34. The first-order valence-electron chi connectivity index (χ1n) is 4.16. The van der Waals surface area contributed by atoms with Crippen molar-refractivity contribution in [3.05, 3.63) is 0 Å². The number of carbonyl (C=O) groups excluding carboxylic acids is 1. The van der Waals surface area contributed by atoms with Crippen molar-refractivity contribution in [3.63, 3.8) is 0 Å². The normalized spacial score (nSPS) is 24.9. The minimum absolute atomic E-state index is 0.0193. The molecule has 0 radical (unpaired) electrons. The van der Waals surface area contributed by atoms with Crippen molar-refractivity contribution in [2.24, 2.45) is 0 Å². The SMILES string of the molecule is CC(CC(=O)O)N1CC(Br)CC1=O. The maximum atomic E-state index is 11.3. The van der Waals surface area contributed by atoms with Crippen LogP contribution in [-0.4, -0.2) is 39.3 Å². The highest BCUT2D eigenvalue weighted by Crippen LogP contribution is 2.21. The van der Waals surface area contributed by atoms with Crippen molar-refractivity contribution in [1.82, 2.24) is 4.90 Å². The van der Waals surface area contributed by atoms with E-state index in [1.807, 2.05) is 0 Å². The van der Waals surface area contributed by atoms with E-state index in [9.17, 15) is 9.59 Å². The zero-order valence-electron chi connectivity index (χ0n) is 7.36. The summed E-state index contributed by atoms with van der Waals surface area (Å²) in [7, 11) is 0. The van der Waals surface area contributed by atoms with Gasteiger partial charge in [-0.2, -0.15) is 0 Å². The molecule has 0 bridgehead atoms. The molecule has 1 aliphatic heterocycles. The van der Waals surface area contributed by atoms with Gasteiger partial charge < -0.3 is 10.0 Å². The Morgan fingerprint density at radius 3 is 2.85 bits per heavy atom. The smallest absolute Gasteiger partial charge is 0.305 e. The summed E-state index contributed by atoms with van der Waals surface area (Å²) in [6, 6.07) is -0.201. The molecule has 1 aliphatic rings. The van der Waals surface area contributed by atoms with E-state index in [0.29, 0.717) is 13.0 Å². The summed E-state index contributed by atoms with van der Waals surface area (Å²) in [5.41, 5.74) is 0. The summed E-state index contributed by atoms with van der Waals surface area (Å²) < 4.78 is 0. The quantitative estimate of drug-likeness (QED) is 0.755. The van der Waals surface area contributed by atoms with Crippen molar-refractivity contribution in [2.45, 2.75) is 30.6 Å². The van der Waals surface area contributed by atoms with Crippen molar-refractivity contribution < 1.29 is 14.7 Å². The van der Waals surface area contributed by atoms with Crippen LogP contribution in [0.25, 0.3) is 0 Å². The van der Waals surface area contributed by atoms with Crippen molar-refractivity contribution >= 4 is 27.8 Å². The first-order valence-corrected chi connectivity index (χ1v) is 5.07. The summed E-state index contributed by atoms with van der Waals surface area (Å²) in [4.78, 5) is 23.5. The molecule has 1 amide bonds. The number of likely N-dealkylation sites (tertiary alicyclic amines) is 1. The fourth-order valence-electron chi connectivity index (χ4n) is 1.48. The van der Waals surface area contributed by atoms with E-state index >= 15 is 0 Å². The summed E-state index contributed by atoms with van der Waals surface area (Å²) in [6.45, 7) is 2.38. The van der Waals surface area contributed by atoms with E-state index in [-0.39, 0.29) is 23.2 Å². The number of hydrogen-bond acceptors (Lipinski definition) is 2. The number of halogens is 1. The van der Waals surface area contributed by atoms with Gasteiger partial charge in [-0.1, -0.05) is 15.9 Å². The fourth-order valence-corrected chi connectivity index (χ4v) is 2.06. The first kappa shape index (κ1) is 10.5. The summed E-state index contributed by atoms with van der Waals surface area (Å²) in [5.74, 6) is -0.825. The largest absolute Gasteiger partial charge is 0.481 e. The molecule has 1 N–H and O–H groups in total. The lowest BCUT2D eigenvalue weighted by Crippen LogP contribution is -2.36. The number of nitrogens with zero attached hydrogens (tertiary/aromatic N) is 1. The van der Waals surface area contributed by atoms with Crippen LogP contribution in [-0.2, 0) is 9.59 Å². The van der Waals surface area contributed by atoms with Crippen molar-refractivity contribution in [2.75, 3.05) is 6.54 Å². The second-order valence-electron chi connectivity index (χ2n) is 3.29. The van der Waals surface area contributed by atoms with E-state index in [1.165, 1.54) is 0 Å². The Kier molecular flexibility index (Phi) is 3.30. The van der Waals surface area contributed by atoms with Gasteiger partial charge in [0.15, 0.2) is 0 Å². The lowest BCUT2D eigenvalue weighted by Gasteiger charge is -2.22. The molecule has 0 aromatic carbocycles. The van der Waals surface area contributed by atoms with E-state index in [0.717, 1.165) is 0 Å². The number of carboxylic acid groups (broad SMARTS) is 1. The molecular weight excluding hydrogens is 238 g/mol. The third-order valence-corrected chi connectivity index (χ3v) is 2.73. The Morgan fingerprint density at radius 2 is 2.46 bits per heavy atom. The fraction of sp³-hybridized carbons (Fsp3) is 0.750. The molecule has 13 heavy (non-hydrogen) atoms. The monoisotopic (exact) mass is 249 g/mol. The van der Waals surface area contributed by atoms with Gasteiger partial charge in [-0.25, -0.2) is 0 Å². The van der Waals surface area contributed by atoms with Crippen LogP contribution in [0.2, 0.25) is 0 Å². The third-order valence-electron chi connectivity index (χ3n) is 2.11. The first-order chi connectivity index (χ1) is 6.00. The lowest BCUT2D eigenvalue weighted by atomic mass is 10.2. The molecule has 74 valence electrons. The van der Waals surface area contributed by atoms with Gasteiger partial charge in [0, 0.05) is 23.8 Å². The molecule has 0 saturated carbocycles. The van der Waals surface area contributed by atoms with Crippen LogP contribution < -0.4 is 0 Å². The number of alkyl halides is 1. The molecule has 1 saturated heterocycles. The summed E-state index contributed by atoms with van der Waals surface area (Å²) in [6.07, 6.45) is 0.495. The van der Waals surface area contributed by atoms with Gasteiger partial charge in [0.2, 0.25) is 5.91 Å². The maximum Gasteiger partial charge on any atom is 0.305 e. The number of hydrogen-bond donors (Lipinski definition) is 1. The Balaban J connectivity index is 2.51. The highest BCUT2D eigenvalue weighted by Gasteiger charge is 2.31. The zero-order chi connectivity index (χ0) is 10.0. The molecule has 4 nitrogen and oxygen atoms in total. The molecule has 0 aliphatic carbocycles. The molecule has 2 atom stereocenters. The molecular formula is C8H12BrNO3. The van der Waals surface area contributed by atoms with Gasteiger partial charge in [-0.3, -0.25) is 9.59 Å². The highest BCUT2D eigenvalue weighted by atomic mass is 79.9. The zero-order valence-corrected chi connectivity index (χ0v) is 8.95. The highest BCUT2D eigenvalue weighted by molar-refractivity contribution is 9.09. The Hall–Kier alpha value is -0.580. The standard InChI is InChI=1S/C8H12BrNO3/c1-5(2-8(12)13)10-4-6(9)3-7(10)11/h5-6H,2-4H2,1H3,(H,12,13). The van der Waals surface area contributed by atoms with Crippen LogP contribution in [0.3, 0.4) is 0 Å². The molecule has 1 fully saturated rings. The van der Waals surface area contributed by atoms with Crippen LogP contribution in [0.15, 0.2) is 0 Å². The minimum atomic E-state index is -0.863. The number of amides is 1. The van der Waals surface area contributed by atoms with Gasteiger partial charge >= 0.3 is 5.97 Å². The van der Waals surface area contributed by atoms with Gasteiger partial charge in [-0.05, 0) is 6.92 Å². The van der Waals surface area contributed by atoms with Crippen LogP contribution >= 0.6 is 15.9 Å². The Labute approximate surface area is 85.0 Å². The number of rotatable bonds is 3. The predicted molar refractivity (Wildman–Crippen MR) is 50.8 cm³/mol. The van der Waals surface area contributed by atoms with Crippen LogP contribution in [0, 0.1) is 0 Å².